The van der Waals surface area contributed by atoms with E-state index in [9.17, 15) is 9.18 Å². The van der Waals surface area contributed by atoms with E-state index in [-0.39, 0.29) is 20.9 Å². The van der Waals surface area contributed by atoms with E-state index in [0.717, 1.165) is 21.1 Å². The van der Waals surface area contributed by atoms with Gasteiger partial charge < -0.3 is 0 Å². The van der Waals surface area contributed by atoms with Gasteiger partial charge in [0, 0.05) is 0 Å². The third kappa shape index (κ3) is 3.77. The second kappa shape index (κ2) is 7.89. The fourth-order valence-electron chi connectivity index (χ4n) is 2.70. The Balaban J connectivity index is 1.99. The first-order valence-corrected chi connectivity index (χ1v) is 14.1. The molecule has 0 amide bonds. The molecule has 0 spiro atoms. The van der Waals surface area contributed by atoms with Crippen LogP contribution >= 0.6 is 23.4 Å². The molecule has 0 atom stereocenters. The van der Waals surface area contributed by atoms with E-state index in [1.165, 1.54) is 12.1 Å². The molecule has 1 aliphatic rings. The molecule has 140 valence electrons. The number of allylic oxidation sites excluding steroid dienone is 1. The number of aromatic carboxylic acids is 1. The standard InChI is InChI=1S/C11H6ClF2NO2S.C6H9N2.In/c12-7(5-15)9(4-13)18-8-3-1-2-6(10(8)14)11(16)17;1-6(2)8-5-3-4-7-8;/h1-3H,15H2,(H,16,17);4-6H,1-2H3;. The molecule has 1 aromatic heterocycles. The Labute approximate surface area is 171 Å². The van der Waals surface area contributed by atoms with Crippen LogP contribution in [0, 0.1) is 5.82 Å². The van der Waals surface area contributed by atoms with Crippen LogP contribution in [0.25, 0.3) is 0 Å². The second-order valence-electron chi connectivity index (χ2n) is 6.25. The predicted octanol–water partition coefficient (Wildman–Crippen LogP) is 3.48. The number of thioether (sulfide) groups is 1. The van der Waals surface area contributed by atoms with E-state index in [0.29, 0.717) is 3.45 Å². The Bertz CT molecular complexity index is 990. The van der Waals surface area contributed by atoms with Gasteiger partial charge in [-0.15, -0.1) is 0 Å². The van der Waals surface area contributed by atoms with Gasteiger partial charge in [0.15, 0.2) is 0 Å². The van der Waals surface area contributed by atoms with Crippen LogP contribution in [0.15, 0.2) is 52.5 Å². The summed E-state index contributed by atoms with van der Waals surface area (Å²) in [5.41, 5.74) is 5.63. The quantitative estimate of drug-likeness (QED) is 0.640. The third-order valence-electron chi connectivity index (χ3n) is 4.12. The first kappa shape index (κ1) is 20.3. The zero-order valence-electron chi connectivity index (χ0n) is 14.4. The van der Waals surface area contributed by atoms with E-state index < -0.39 is 42.4 Å². The fourth-order valence-corrected chi connectivity index (χ4v) is 12.8. The molecule has 3 N–H and O–H groups in total. The van der Waals surface area contributed by atoms with Crippen LogP contribution in [-0.2, 0) is 0 Å². The minimum absolute atomic E-state index is 0.0178. The van der Waals surface area contributed by atoms with E-state index in [2.05, 4.69) is 5.10 Å². The van der Waals surface area contributed by atoms with Crippen molar-refractivity contribution in [2.75, 3.05) is 0 Å². The maximum atomic E-state index is 15.2. The molecular formula is C17H15ClF2InN3O2S. The molecule has 1 aliphatic heterocycles. The summed E-state index contributed by atoms with van der Waals surface area (Å²) in [4.78, 5) is 11.1. The fraction of sp³-hybridized carbons (Fsp3) is 0.176. The first-order chi connectivity index (χ1) is 12.7. The zero-order valence-corrected chi connectivity index (χ0v) is 19.3. The number of carboxylic acids is 1. The van der Waals surface area contributed by atoms with Crippen molar-refractivity contribution >= 4 is 54.1 Å². The summed E-state index contributed by atoms with van der Waals surface area (Å²) < 4.78 is 32.0. The van der Waals surface area contributed by atoms with Gasteiger partial charge in [-0.3, -0.25) is 0 Å². The molecule has 1 aromatic carbocycles. The van der Waals surface area contributed by atoms with Gasteiger partial charge in [-0.05, 0) is 0 Å². The molecule has 0 fully saturated rings. The summed E-state index contributed by atoms with van der Waals surface area (Å²) >= 11 is 3.62. The second-order valence-corrected chi connectivity index (χ2v) is 15.3. The van der Waals surface area contributed by atoms with E-state index in [4.69, 9.17) is 22.4 Å². The van der Waals surface area contributed by atoms with Crippen molar-refractivity contribution in [1.29, 1.82) is 0 Å². The van der Waals surface area contributed by atoms with Gasteiger partial charge in [0.1, 0.15) is 0 Å². The molecule has 0 aliphatic carbocycles. The number of halogens is 3. The molecule has 27 heavy (non-hydrogen) atoms. The number of aromatic nitrogens is 2. The summed E-state index contributed by atoms with van der Waals surface area (Å²) in [5.74, 6) is -2.32. The van der Waals surface area contributed by atoms with Crippen LogP contribution < -0.4 is 9.05 Å². The molecule has 10 heteroatoms. The van der Waals surface area contributed by atoms with Gasteiger partial charge in [0.25, 0.3) is 0 Å². The Morgan fingerprint density at radius 3 is 2.70 bits per heavy atom. The van der Waals surface area contributed by atoms with Crippen molar-refractivity contribution in [3.63, 3.8) is 0 Å². The molecule has 3 rings (SSSR count). The van der Waals surface area contributed by atoms with E-state index >= 15 is 4.39 Å². The average molecular weight is 514 g/mol. The van der Waals surface area contributed by atoms with Crippen molar-refractivity contribution in [3.05, 3.63) is 58.9 Å². The van der Waals surface area contributed by atoms with Gasteiger partial charge in [-0.2, -0.15) is 0 Å². The topological polar surface area (TPSA) is 81.1 Å². The number of carbonyl (C=O) groups is 1. The molecule has 0 radical (unpaired) electrons. The van der Waals surface area contributed by atoms with Crippen LogP contribution in [0.4, 0.5) is 8.78 Å². The molecule has 5 nitrogen and oxygen atoms in total. The van der Waals surface area contributed by atoms with Crippen molar-refractivity contribution in [2.24, 2.45) is 5.73 Å². The van der Waals surface area contributed by atoms with Gasteiger partial charge >= 0.3 is 172 Å². The Morgan fingerprint density at radius 1 is 1.41 bits per heavy atom. The summed E-state index contributed by atoms with van der Waals surface area (Å²) in [6, 6.07) is 4.06. The molecule has 0 unspecified atom stereocenters. The van der Waals surface area contributed by atoms with Crippen molar-refractivity contribution in [3.8, 4) is 0 Å². The van der Waals surface area contributed by atoms with Gasteiger partial charge in [-0.1, -0.05) is 0 Å². The minimum atomic E-state index is -3.40. The molecule has 2 heterocycles. The van der Waals surface area contributed by atoms with Crippen molar-refractivity contribution < 1.29 is 18.7 Å². The summed E-state index contributed by atoms with van der Waals surface area (Å²) in [7, 11) is 0. The third-order valence-corrected chi connectivity index (χ3v) is 14.5. The summed E-state index contributed by atoms with van der Waals surface area (Å²) in [6.45, 7) is 3.91. The SMILES string of the molecule is CC(C)n1c[c]([In]2[C](N)=C(Cl)C(Sc3cccc(C(=O)O)c3F)=[C]2F)cn1. The Morgan fingerprint density at radius 2 is 2.11 bits per heavy atom. The molecule has 0 saturated carbocycles. The van der Waals surface area contributed by atoms with E-state index in [1.54, 1.807) is 17.1 Å². The predicted molar refractivity (Wildman–Crippen MR) is 102 cm³/mol. The zero-order chi connectivity index (χ0) is 19.9. The number of carboxylic acid groups (broad SMARTS) is 1. The van der Waals surface area contributed by atoms with Crippen LogP contribution in [0.1, 0.15) is 30.2 Å². The number of hydrogen-bond donors (Lipinski definition) is 2. The number of hydrogen-bond acceptors (Lipinski definition) is 4. The normalized spacial score (nSPS) is 14.7. The van der Waals surface area contributed by atoms with Gasteiger partial charge in [0.05, 0.1) is 0 Å². The van der Waals surface area contributed by atoms with Gasteiger partial charge in [0.2, 0.25) is 0 Å². The first-order valence-electron chi connectivity index (χ1n) is 8.01. The average Bonchev–Trinajstić information content (AvgIpc) is 3.16. The molecule has 0 saturated heterocycles. The van der Waals surface area contributed by atoms with Gasteiger partial charge in [-0.25, -0.2) is 0 Å². The molecule has 0 bridgehead atoms. The number of rotatable bonds is 5. The Hall–Kier alpha value is -1.45. The van der Waals surface area contributed by atoms with Crippen LogP contribution in [0.5, 0.6) is 0 Å². The monoisotopic (exact) mass is 513 g/mol. The maximum absolute atomic E-state index is 15.2. The number of nitrogens with two attached hydrogens (primary N) is 1. The van der Waals surface area contributed by atoms with Crippen molar-refractivity contribution in [1.82, 2.24) is 9.78 Å². The van der Waals surface area contributed by atoms with E-state index in [1.807, 2.05) is 13.8 Å². The van der Waals surface area contributed by atoms with Crippen LogP contribution in [0.2, 0.25) is 0 Å². The molecular weight excluding hydrogens is 499 g/mol. The summed E-state index contributed by atoms with van der Waals surface area (Å²) in [5, 5.41) is 13.4. The van der Waals surface area contributed by atoms with Crippen molar-refractivity contribution in [2.45, 2.75) is 24.8 Å². The number of benzene rings is 1. The van der Waals surface area contributed by atoms with Crippen LogP contribution in [0.3, 0.4) is 0 Å². The van der Waals surface area contributed by atoms with Crippen LogP contribution in [-0.4, -0.2) is 42.3 Å². The number of nitrogens with zero attached hydrogens (tertiary/aromatic N) is 2. The molecule has 2 aromatic rings. The Kier molecular flexibility index (Phi) is 5.93. The summed E-state index contributed by atoms with van der Waals surface area (Å²) in [6.07, 6.45) is 3.39.